The molecule has 0 saturated heterocycles. The number of thioether (sulfide) groups is 1. The summed E-state index contributed by atoms with van der Waals surface area (Å²) in [6.45, 7) is 2.03. The van der Waals surface area contributed by atoms with E-state index in [2.05, 4.69) is 28.4 Å². The zero-order valence-electron chi connectivity index (χ0n) is 11.4. The predicted molar refractivity (Wildman–Crippen MR) is 77.5 cm³/mol. The number of hydrazine groups is 1. The monoisotopic (exact) mass is 268 g/mol. The number of nitrogens with two attached hydrogens (primary N) is 1. The third-order valence-electron chi connectivity index (χ3n) is 3.63. The first kappa shape index (κ1) is 13.9. The Morgan fingerprint density at radius 3 is 2.83 bits per heavy atom. The minimum absolute atomic E-state index is 0.338. The second-order valence-corrected chi connectivity index (χ2v) is 6.54. The van der Waals surface area contributed by atoms with E-state index >= 15 is 0 Å². The van der Waals surface area contributed by atoms with Gasteiger partial charge in [0.1, 0.15) is 0 Å². The lowest BCUT2D eigenvalue weighted by molar-refractivity contribution is 0.550. The number of aryl methyl sites for hydroxylation is 2. The van der Waals surface area contributed by atoms with Crippen LogP contribution in [-0.4, -0.2) is 26.8 Å². The Hall–Kier alpha value is -0.520. The number of nitrogens with one attached hydrogen (secondary N) is 1. The van der Waals surface area contributed by atoms with Gasteiger partial charge in [-0.05, 0) is 25.8 Å². The Labute approximate surface area is 114 Å². The summed E-state index contributed by atoms with van der Waals surface area (Å²) >= 11 is 2.08. The van der Waals surface area contributed by atoms with E-state index in [4.69, 9.17) is 5.84 Å². The van der Waals surface area contributed by atoms with Crippen molar-refractivity contribution >= 4 is 11.8 Å². The van der Waals surface area contributed by atoms with Crippen LogP contribution in [0.2, 0.25) is 0 Å². The lowest BCUT2D eigenvalue weighted by Gasteiger charge is -2.17. The van der Waals surface area contributed by atoms with Gasteiger partial charge in [-0.25, -0.2) is 0 Å². The third-order valence-corrected chi connectivity index (χ3v) is 5.16. The Morgan fingerprint density at radius 1 is 1.56 bits per heavy atom. The molecule has 0 aromatic carbocycles. The Balaban J connectivity index is 1.82. The predicted octanol–water partition coefficient (Wildman–Crippen LogP) is 1.78. The fourth-order valence-electron chi connectivity index (χ4n) is 2.58. The van der Waals surface area contributed by atoms with Gasteiger partial charge in [-0.15, -0.1) is 0 Å². The van der Waals surface area contributed by atoms with Crippen LogP contribution in [0.1, 0.15) is 37.1 Å². The molecule has 4 nitrogen and oxygen atoms in total. The van der Waals surface area contributed by atoms with Gasteiger partial charge in [0, 0.05) is 36.2 Å². The molecule has 1 unspecified atom stereocenters. The number of nitrogens with zero attached hydrogens (tertiary/aromatic N) is 2. The van der Waals surface area contributed by atoms with Crippen molar-refractivity contribution in [3.05, 3.63) is 17.5 Å². The van der Waals surface area contributed by atoms with Crippen LogP contribution < -0.4 is 11.3 Å². The van der Waals surface area contributed by atoms with E-state index in [-0.39, 0.29) is 0 Å². The fourth-order valence-corrected chi connectivity index (χ4v) is 3.97. The summed E-state index contributed by atoms with van der Waals surface area (Å²) in [5.74, 6) is 6.76. The summed E-state index contributed by atoms with van der Waals surface area (Å²) in [6.07, 6.45) is 6.52. The fraction of sp³-hybridized carbons (Fsp3) is 0.769. The van der Waals surface area contributed by atoms with E-state index in [1.54, 1.807) is 0 Å². The quantitative estimate of drug-likeness (QED) is 0.610. The minimum atomic E-state index is 0.338. The molecule has 0 amide bonds. The molecular formula is C13H24N4S. The molecule has 2 rings (SSSR count). The highest BCUT2D eigenvalue weighted by Crippen LogP contribution is 2.29. The summed E-state index contributed by atoms with van der Waals surface area (Å²) in [5.41, 5.74) is 5.28. The second-order valence-electron chi connectivity index (χ2n) is 5.21. The van der Waals surface area contributed by atoms with Crippen molar-refractivity contribution in [2.45, 2.75) is 50.3 Å². The standard InChI is InChI=1S/C13H24N4S/c1-10-7-12(17(2)16-10)8-11(15-14)9-18-13-5-3-4-6-13/h7,11,13,15H,3-6,8-9,14H2,1-2H3. The molecule has 1 aliphatic rings. The van der Waals surface area contributed by atoms with Crippen molar-refractivity contribution in [3.63, 3.8) is 0 Å². The van der Waals surface area contributed by atoms with Crippen LogP contribution in [0.25, 0.3) is 0 Å². The van der Waals surface area contributed by atoms with Crippen LogP contribution in [0, 0.1) is 6.92 Å². The molecule has 102 valence electrons. The lowest BCUT2D eigenvalue weighted by Crippen LogP contribution is -2.39. The normalized spacial score (nSPS) is 18.4. The van der Waals surface area contributed by atoms with Gasteiger partial charge >= 0.3 is 0 Å². The first-order chi connectivity index (χ1) is 8.69. The van der Waals surface area contributed by atoms with Gasteiger partial charge < -0.3 is 0 Å². The molecule has 5 heteroatoms. The molecule has 1 saturated carbocycles. The Bertz CT molecular complexity index is 371. The third kappa shape index (κ3) is 3.73. The molecule has 3 N–H and O–H groups in total. The summed E-state index contributed by atoms with van der Waals surface area (Å²) in [7, 11) is 2.00. The van der Waals surface area contributed by atoms with Gasteiger partial charge in [-0.1, -0.05) is 12.8 Å². The molecular weight excluding hydrogens is 244 g/mol. The molecule has 0 bridgehead atoms. The van der Waals surface area contributed by atoms with Gasteiger partial charge in [-0.3, -0.25) is 16.0 Å². The zero-order chi connectivity index (χ0) is 13.0. The molecule has 0 radical (unpaired) electrons. The van der Waals surface area contributed by atoms with Gasteiger partial charge in [0.05, 0.1) is 5.69 Å². The number of hydrogen-bond acceptors (Lipinski definition) is 4. The molecule has 1 aromatic rings. The molecule has 18 heavy (non-hydrogen) atoms. The van der Waals surface area contributed by atoms with Gasteiger partial charge in [-0.2, -0.15) is 16.9 Å². The number of aromatic nitrogens is 2. The molecule has 0 aliphatic heterocycles. The number of hydrogen-bond donors (Lipinski definition) is 2. The highest BCUT2D eigenvalue weighted by Gasteiger charge is 2.18. The molecule has 1 atom stereocenters. The van der Waals surface area contributed by atoms with Crippen LogP contribution >= 0.6 is 11.8 Å². The SMILES string of the molecule is Cc1cc(CC(CSC2CCCC2)NN)n(C)n1. The maximum atomic E-state index is 5.67. The zero-order valence-corrected chi connectivity index (χ0v) is 12.2. The van der Waals surface area contributed by atoms with Crippen molar-refractivity contribution < 1.29 is 0 Å². The van der Waals surface area contributed by atoms with Crippen LogP contribution in [0.4, 0.5) is 0 Å². The molecule has 1 aliphatic carbocycles. The minimum Gasteiger partial charge on any atom is -0.272 e. The maximum Gasteiger partial charge on any atom is 0.0596 e. The van der Waals surface area contributed by atoms with Crippen molar-refractivity contribution in [2.75, 3.05) is 5.75 Å². The Morgan fingerprint density at radius 2 is 2.28 bits per heavy atom. The van der Waals surface area contributed by atoms with E-state index in [9.17, 15) is 0 Å². The van der Waals surface area contributed by atoms with Crippen molar-refractivity contribution in [2.24, 2.45) is 12.9 Å². The van der Waals surface area contributed by atoms with Crippen LogP contribution in [0.5, 0.6) is 0 Å². The average molecular weight is 268 g/mol. The van der Waals surface area contributed by atoms with Gasteiger partial charge in [0.2, 0.25) is 0 Å². The highest BCUT2D eigenvalue weighted by atomic mass is 32.2. The van der Waals surface area contributed by atoms with E-state index in [1.807, 2.05) is 18.7 Å². The van der Waals surface area contributed by atoms with Crippen LogP contribution in [0.15, 0.2) is 6.07 Å². The summed E-state index contributed by atoms with van der Waals surface area (Å²) in [6, 6.07) is 2.48. The average Bonchev–Trinajstić information content (AvgIpc) is 2.95. The first-order valence-electron chi connectivity index (χ1n) is 6.76. The highest BCUT2D eigenvalue weighted by molar-refractivity contribution is 7.99. The van der Waals surface area contributed by atoms with Crippen molar-refractivity contribution in [3.8, 4) is 0 Å². The second kappa shape index (κ2) is 6.59. The van der Waals surface area contributed by atoms with Gasteiger partial charge in [0.15, 0.2) is 0 Å². The molecule has 1 aromatic heterocycles. The summed E-state index contributed by atoms with van der Waals surface area (Å²) in [4.78, 5) is 0. The van der Waals surface area contributed by atoms with Crippen LogP contribution in [0.3, 0.4) is 0 Å². The smallest absolute Gasteiger partial charge is 0.0596 e. The molecule has 1 fully saturated rings. The molecule has 0 spiro atoms. The van der Waals surface area contributed by atoms with E-state index in [0.717, 1.165) is 23.1 Å². The van der Waals surface area contributed by atoms with E-state index in [0.29, 0.717) is 6.04 Å². The van der Waals surface area contributed by atoms with Gasteiger partial charge in [0.25, 0.3) is 0 Å². The summed E-state index contributed by atoms with van der Waals surface area (Å²) < 4.78 is 1.96. The van der Waals surface area contributed by atoms with Crippen molar-refractivity contribution in [1.29, 1.82) is 0 Å². The molecule has 1 heterocycles. The van der Waals surface area contributed by atoms with E-state index < -0.39 is 0 Å². The number of rotatable bonds is 6. The lowest BCUT2D eigenvalue weighted by atomic mass is 10.2. The Kier molecular flexibility index (Phi) is 5.09. The van der Waals surface area contributed by atoms with Crippen molar-refractivity contribution in [1.82, 2.24) is 15.2 Å². The maximum absolute atomic E-state index is 5.67. The first-order valence-corrected chi connectivity index (χ1v) is 7.81. The van der Waals surface area contributed by atoms with E-state index in [1.165, 1.54) is 31.4 Å². The topological polar surface area (TPSA) is 55.9 Å². The largest absolute Gasteiger partial charge is 0.272 e. The van der Waals surface area contributed by atoms with Crippen LogP contribution in [-0.2, 0) is 13.5 Å². The summed E-state index contributed by atoms with van der Waals surface area (Å²) in [5, 5.41) is 5.23.